The van der Waals surface area contributed by atoms with E-state index in [0.717, 1.165) is 27.7 Å². The van der Waals surface area contributed by atoms with Gasteiger partial charge in [-0.25, -0.2) is 0 Å². The lowest BCUT2D eigenvalue weighted by atomic mass is 10.0. The second kappa shape index (κ2) is 7.28. The molecular formula is C17H21NO5. The van der Waals surface area contributed by atoms with Gasteiger partial charge in [-0.15, -0.1) is 0 Å². The lowest BCUT2D eigenvalue weighted by molar-refractivity contribution is -0.144. The zero-order valence-corrected chi connectivity index (χ0v) is 13.6. The second-order valence-corrected chi connectivity index (χ2v) is 5.57. The molecule has 6 nitrogen and oxygen atoms in total. The van der Waals surface area contributed by atoms with Crippen LogP contribution in [0.25, 0.3) is 11.0 Å². The number of benzene rings is 1. The van der Waals surface area contributed by atoms with Crippen molar-refractivity contribution >= 4 is 22.8 Å². The predicted molar refractivity (Wildman–Crippen MR) is 85.5 cm³/mol. The van der Waals surface area contributed by atoms with Gasteiger partial charge in [0.15, 0.2) is 0 Å². The molecule has 0 unspecified atom stereocenters. The molecule has 0 radical (unpaired) electrons. The minimum absolute atomic E-state index is 0.104. The minimum atomic E-state index is -1.04. The molecular weight excluding hydrogens is 298 g/mol. The van der Waals surface area contributed by atoms with Crippen LogP contribution in [0.1, 0.15) is 16.7 Å². The van der Waals surface area contributed by atoms with Gasteiger partial charge in [0.1, 0.15) is 12.1 Å². The Morgan fingerprint density at radius 2 is 1.96 bits per heavy atom. The number of carboxylic acids is 1. The Bertz CT molecular complexity index is 719. The number of amides is 1. The van der Waals surface area contributed by atoms with Crippen molar-refractivity contribution in [1.82, 2.24) is 4.90 Å². The number of rotatable bonds is 7. The van der Waals surface area contributed by atoms with Crippen molar-refractivity contribution in [2.45, 2.75) is 20.3 Å². The van der Waals surface area contributed by atoms with E-state index in [1.807, 2.05) is 26.0 Å². The summed E-state index contributed by atoms with van der Waals surface area (Å²) in [7, 11) is 1.51. The highest BCUT2D eigenvalue weighted by molar-refractivity contribution is 5.89. The van der Waals surface area contributed by atoms with Crippen LogP contribution in [0.2, 0.25) is 0 Å². The fourth-order valence-corrected chi connectivity index (χ4v) is 2.40. The van der Waals surface area contributed by atoms with E-state index in [4.69, 9.17) is 14.3 Å². The van der Waals surface area contributed by atoms with Gasteiger partial charge in [-0.3, -0.25) is 9.59 Å². The molecule has 124 valence electrons. The largest absolute Gasteiger partial charge is 0.480 e. The van der Waals surface area contributed by atoms with Crippen molar-refractivity contribution < 1.29 is 23.8 Å². The summed E-state index contributed by atoms with van der Waals surface area (Å²) in [6.45, 7) is 4.21. The molecule has 23 heavy (non-hydrogen) atoms. The third-order valence-electron chi connectivity index (χ3n) is 3.86. The smallest absolute Gasteiger partial charge is 0.323 e. The van der Waals surface area contributed by atoms with Crippen molar-refractivity contribution in [2.75, 3.05) is 26.8 Å². The topological polar surface area (TPSA) is 80.0 Å². The maximum absolute atomic E-state index is 12.4. The molecule has 1 aromatic heterocycles. The number of nitrogens with zero attached hydrogens (tertiary/aromatic N) is 1. The molecule has 0 aliphatic heterocycles. The number of aryl methyl sites for hydroxylation is 2. The Labute approximate surface area is 134 Å². The molecule has 2 aromatic rings. The van der Waals surface area contributed by atoms with Crippen LogP contribution in [0.3, 0.4) is 0 Å². The van der Waals surface area contributed by atoms with E-state index in [1.165, 1.54) is 12.0 Å². The lowest BCUT2D eigenvalue weighted by Crippen LogP contribution is -2.38. The SMILES string of the molecule is COCCN(CC(=O)O)C(=O)Cc1coc2cc(C)c(C)cc12. The van der Waals surface area contributed by atoms with Crippen LogP contribution in [0.4, 0.5) is 0 Å². The van der Waals surface area contributed by atoms with Crippen molar-refractivity contribution in [2.24, 2.45) is 0 Å². The quantitative estimate of drug-likeness (QED) is 0.846. The van der Waals surface area contributed by atoms with Crippen LogP contribution in [0, 0.1) is 13.8 Å². The number of hydrogen-bond acceptors (Lipinski definition) is 4. The maximum Gasteiger partial charge on any atom is 0.323 e. The number of hydrogen-bond donors (Lipinski definition) is 1. The second-order valence-electron chi connectivity index (χ2n) is 5.57. The van der Waals surface area contributed by atoms with E-state index < -0.39 is 5.97 Å². The first-order chi connectivity index (χ1) is 10.9. The minimum Gasteiger partial charge on any atom is -0.480 e. The molecule has 0 aliphatic rings. The molecule has 1 N–H and O–H groups in total. The Morgan fingerprint density at radius 1 is 1.26 bits per heavy atom. The maximum atomic E-state index is 12.4. The van der Waals surface area contributed by atoms with E-state index in [0.29, 0.717) is 6.61 Å². The summed E-state index contributed by atoms with van der Waals surface area (Å²) < 4.78 is 10.4. The summed E-state index contributed by atoms with van der Waals surface area (Å²) in [5, 5.41) is 9.84. The third-order valence-corrected chi connectivity index (χ3v) is 3.86. The summed E-state index contributed by atoms with van der Waals surface area (Å²) in [6.07, 6.45) is 1.67. The molecule has 2 rings (SSSR count). The Kier molecular flexibility index (Phi) is 5.39. The molecule has 0 saturated heterocycles. The Hall–Kier alpha value is -2.34. The number of furan rings is 1. The number of carboxylic acid groups (broad SMARTS) is 1. The van der Waals surface area contributed by atoms with Gasteiger partial charge in [-0.05, 0) is 37.1 Å². The number of aliphatic carboxylic acids is 1. The van der Waals surface area contributed by atoms with Gasteiger partial charge in [0.05, 0.1) is 19.3 Å². The first-order valence-corrected chi connectivity index (χ1v) is 7.38. The van der Waals surface area contributed by atoms with Crippen LogP contribution in [0.15, 0.2) is 22.8 Å². The third kappa shape index (κ3) is 4.10. The van der Waals surface area contributed by atoms with Crippen molar-refractivity contribution in [1.29, 1.82) is 0 Å². The molecule has 1 aromatic carbocycles. The van der Waals surface area contributed by atoms with Crippen LogP contribution in [-0.4, -0.2) is 48.7 Å². The van der Waals surface area contributed by atoms with Crippen LogP contribution >= 0.6 is 0 Å². The summed E-state index contributed by atoms with van der Waals surface area (Å²) in [6, 6.07) is 3.94. The van der Waals surface area contributed by atoms with Gasteiger partial charge in [0, 0.05) is 24.6 Å². The zero-order valence-electron chi connectivity index (χ0n) is 13.6. The van der Waals surface area contributed by atoms with Crippen LogP contribution in [-0.2, 0) is 20.7 Å². The summed E-state index contributed by atoms with van der Waals surface area (Å²) >= 11 is 0. The molecule has 1 heterocycles. The van der Waals surface area contributed by atoms with Crippen LogP contribution < -0.4 is 0 Å². The predicted octanol–water partition coefficient (Wildman–Crippen LogP) is 2.15. The monoisotopic (exact) mass is 319 g/mol. The van der Waals surface area contributed by atoms with E-state index >= 15 is 0 Å². The molecule has 6 heteroatoms. The van der Waals surface area contributed by atoms with Crippen molar-refractivity contribution in [3.8, 4) is 0 Å². The average molecular weight is 319 g/mol. The fourth-order valence-electron chi connectivity index (χ4n) is 2.40. The van der Waals surface area contributed by atoms with Gasteiger partial charge in [-0.2, -0.15) is 0 Å². The average Bonchev–Trinajstić information content (AvgIpc) is 2.85. The molecule has 0 saturated carbocycles. The normalized spacial score (nSPS) is 10.9. The molecule has 0 fully saturated rings. The van der Waals surface area contributed by atoms with Gasteiger partial charge in [-0.1, -0.05) is 0 Å². The summed E-state index contributed by atoms with van der Waals surface area (Å²) in [5.74, 6) is -1.30. The molecule has 0 atom stereocenters. The van der Waals surface area contributed by atoms with E-state index in [9.17, 15) is 9.59 Å². The first kappa shape index (κ1) is 17.0. The molecule has 1 amide bonds. The molecule has 0 spiro atoms. The Morgan fingerprint density at radius 3 is 2.61 bits per heavy atom. The highest BCUT2D eigenvalue weighted by Crippen LogP contribution is 2.25. The van der Waals surface area contributed by atoms with E-state index in [1.54, 1.807) is 6.26 Å². The molecule has 0 aliphatic carbocycles. The van der Waals surface area contributed by atoms with Gasteiger partial charge < -0.3 is 19.2 Å². The number of methoxy groups -OCH3 is 1. The lowest BCUT2D eigenvalue weighted by Gasteiger charge is -2.20. The number of fused-ring (bicyclic) bond motifs is 1. The molecule has 0 bridgehead atoms. The van der Waals surface area contributed by atoms with Gasteiger partial charge >= 0.3 is 5.97 Å². The van der Waals surface area contributed by atoms with Crippen molar-refractivity contribution in [3.63, 3.8) is 0 Å². The highest BCUT2D eigenvalue weighted by atomic mass is 16.5. The number of ether oxygens (including phenoxy) is 1. The summed E-state index contributed by atoms with van der Waals surface area (Å²) in [5.41, 5.74) is 3.74. The Balaban J connectivity index is 2.20. The van der Waals surface area contributed by atoms with Crippen LogP contribution in [0.5, 0.6) is 0 Å². The standard InChI is InChI=1S/C17H21NO5/c1-11-6-14-13(10-23-15(14)7-12(11)2)8-16(19)18(4-5-22-3)9-17(20)21/h6-7,10H,4-5,8-9H2,1-3H3,(H,20,21). The first-order valence-electron chi connectivity index (χ1n) is 7.38. The van der Waals surface area contributed by atoms with E-state index in [2.05, 4.69) is 0 Å². The van der Waals surface area contributed by atoms with E-state index in [-0.39, 0.29) is 25.4 Å². The number of carbonyl (C=O) groups excluding carboxylic acids is 1. The summed E-state index contributed by atoms with van der Waals surface area (Å²) in [4.78, 5) is 24.6. The fraction of sp³-hybridized carbons (Fsp3) is 0.412. The van der Waals surface area contributed by atoms with Gasteiger partial charge in [0.2, 0.25) is 5.91 Å². The number of carbonyl (C=O) groups is 2. The highest BCUT2D eigenvalue weighted by Gasteiger charge is 2.19. The van der Waals surface area contributed by atoms with Gasteiger partial charge in [0.25, 0.3) is 0 Å². The zero-order chi connectivity index (χ0) is 17.0. The van der Waals surface area contributed by atoms with Crippen molar-refractivity contribution in [3.05, 3.63) is 35.1 Å².